The highest BCUT2D eigenvalue weighted by Crippen LogP contribution is 2.18. The second-order valence-corrected chi connectivity index (χ2v) is 7.89. The second kappa shape index (κ2) is 8.50. The quantitative estimate of drug-likeness (QED) is 0.676. The molecule has 0 fully saturated rings. The number of nitrogens with one attached hydrogen (secondary N) is 2. The molecule has 0 saturated carbocycles. The van der Waals surface area contributed by atoms with Crippen molar-refractivity contribution in [3.05, 3.63) is 64.1 Å². The molecule has 0 aliphatic heterocycles. The van der Waals surface area contributed by atoms with Crippen molar-refractivity contribution in [1.29, 1.82) is 0 Å². The number of benzene rings is 2. The van der Waals surface area contributed by atoms with Crippen molar-refractivity contribution in [2.45, 2.75) is 45.9 Å². The largest absolute Gasteiger partial charge is 0.444 e. The van der Waals surface area contributed by atoms with E-state index in [4.69, 9.17) is 4.74 Å². The Balaban J connectivity index is 1.88. The van der Waals surface area contributed by atoms with Gasteiger partial charge in [-0.15, -0.1) is 0 Å². The molecule has 1 amide bonds. The Bertz CT molecular complexity index is 691. The zero-order valence-electron chi connectivity index (χ0n) is 15.1. The van der Waals surface area contributed by atoms with Crippen LogP contribution in [0.2, 0.25) is 0 Å². The van der Waals surface area contributed by atoms with Crippen molar-refractivity contribution in [2.75, 3.05) is 5.32 Å². The molecule has 0 saturated heterocycles. The van der Waals surface area contributed by atoms with Crippen molar-refractivity contribution >= 4 is 27.7 Å². The number of halogens is 1. The average molecular weight is 405 g/mol. The minimum absolute atomic E-state index is 0.208. The lowest BCUT2D eigenvalue weighted by Gasteiger charge is -2.20. The SMILES string of the molecule is CC(NCc1ccc(Br)cc1)c1ccc(NC(=O)OC(C)(C)C)cc1. The minimum atomic E-state index is -0.504. The summed E-state index contributed by atoms with van der Waals surface area (Å²) in [5.41, 5.74) is 2.61. The van der Waals surface area contributed by atoms with Crippen LogP contribution < -0.4 is 10.6 Å². The third kappa shape index (κ3) is 6.88. The van der Waals surface area contributed by atoms with E-state index in [1.165, 1.54) is 5.56 Å². The number of carbonyl (C=O) groups excluding carboxylic acids is 1. The maximum Gasteiger partial charge on any atom is 0.412 e. The number of amides is 1. The van der Waals surface area contributed by atoms with E-state index in [9.17, 15) is 4.79 Å². The Morgan fingerprint density at radius 2 is 1.68 bits per heavy atom. The van der Waals surface area contributed by atoms with E-state index < -0.39 is 11.7 Å². The van der Waals surface area contributed by atoms with Crippen LogP contribution in [-0.4, -0.2) is 11.7 Å². The molecule has 0 bridgehead atoms. The summed E-state index contributed by atoms with van der Waals surface area (Å²) in [6, 6.07) is 16.3. The van der Waals surface area contributed by atoms with Crippen LogP contribution in [0.4, 0.5) is 10.5 Å². The molecule has 25 heavy (non-hydrogen) atoms. The molecule has 5 heteroatoms. The van der Waals surface area contributed by atoms with E-state index >= 15 is 0 Å². The summed E-state index contributed by atoms with van der Waals surface area (Å²) in [7, 11) is 0. The molecule has 0 aromatic heterocycles. The number of ether oxygens (including phenoxy) is 1. The van der Waals surface area contributed by atoms with E-state index in [1.54, 1.807) is 0 Å². The molecule has 0 aliphatic rings. The molecule has 0 heterocycles. The Morgan fingerprint density at radius 3 is 2.24 bits per heavy atom. The normalized spacial score (nSPS) is 12.5. The lowest BCUT2D eigenvalue weighted by atomic mass is 10.1. The van der Waals surface area contributed by atoms with Crippen molar-refractivity contribution in [3.63, 3.8) is 0 Å². The van der Waals surface area contributed by atoms with E-state index in [0.717, 1.165) is 22.3 Å². The summed E-state index contributed by atoms with van der Waals surface area (Å²) < 4.78 is 6.33. The van der Waals surface area contributed by atoms with Crippen LogP contribution in [-0.2, 0) is 11.3 Å². The fourth-order valence-corrected chi connectivity index (χ4v) is 2.53. The zero-order chi connectivity index (χ0) is 18.4. The fourth-order valence-electron chi connectivity index (χ4n) is 2.27. The molecule has 0 radical (unpaired) electrons. The predicted molar refractivity (Wildman–Crippen MR) is 106 cm³/mol. The fraction of sp³-hybridized carbons (Fsp3) is 0.350. The predicted octanol–water partition coefficient (Wildman–Crippen LogP) is 5.65. The number of hydrogen-bond acceptors (Lipinski definition) is 3. The van der Waals surface area contributed by atoms with Crippen LogP contribution in [0.5, 0.6) is 0 Å². The summed E-state index contributed by atoms with van der Waals surface area (Å²) in [4.78, 5) is 11.8. The van der Waals surface area contributed by atoms with Gasteiger partial charge in [-0.1, -0.05) is 40.2 Å². The van der Waals surface area contributed by atoms with Crippen molar-refractivity contribution in [2.24, 2.45) is 0 Å². The lowest BCUT2D eigenvalue weighted by Crippen LogP contribution is -2.27. The number of anilines is 1. The maximum absolute atomic E-state index is 11.8. The van der Waals surface area contributed by atoms with Crippen molar-refractivity contribution in [1.82, 2.24) is 5.32 Å². The third-order valence-corrected chi connectivity index (χ3v) is 4.11. The van der Waals surface area contributed by atoms with Gasteiger partial charge >= 0.3 is 6.09 Å². The van der Waals surface area contributed by atoms with Gasteiger partial charge in [0.25, 0.3) is 0 Å². The molecule has 2 N–H and O–H groups in total. The molecule has 4 nitrogen and oxygen atoms in total. The molecular formula is C20H25BrN2O2. The Kier molecular flexibility index (Phi) is 6.62. The van der Waals surface area contributed by atoms with Gasteiger partial charge in [-0.25, -0.2) is 4.79 Å². The summed E-state index contributed by atoms with van der Waals surface area (Å²) in [6.45, 7) is 8.44. The first kappa shape index (κ1) is 19.5. The minimum Gasteiger partial charge on any atom is -0.444 e. The molecule has 0 spiro atoms. The van der Waals surface area contributed by atoms with Gasteiger partial charge in [-0.05, 0) is 63.1 Å². The Hall–Kier alpha value is -1.85. The smallest absolute Gasteiger partial charge is 0.412 e. The summed E-state index contributed by atoms with van der Waals surface area (Å²) in [5, 5.41) is 6.24. The average Bonchev–Trinajstić information content (AvgIpc) is 2.53. The van der Waals surface area contributed by atoms with Gasteiger partial charge in [0.05, 0.1) is 0 Å². The third-order valence-electron chi connectivity index (χ3n) is 3.58. The Morgan fingerprint density at radius 1 is 1.08 bits per heavy atom. The summed E-state index contributed by atoms with van der Waals surface area (Å²) >= 11 is 3.44. The molecular weight excluding hydrogens is 380 g/mol. The highest BCUT2D eigenvalue weighted by Gasteiger charge is 2.16. The first-order valence-electron chi connectivity index (χ1n) is 8.31. The summed E-state index contributed by atoms with van der Waals surface area (Å²) in [5.74, 6) is 0. The molecule has 1 atom stereocenters. The molecule has 0 aliphatic carbocycles. The van der Waals surface area contributed by atoms with Gasteiger partial charge in [0.2, 0.25) is 0 Å². The van der Waals surface area contributed by atoms with Gasteiger partial charge in [0, 0.05) is 22.7 Å². The highest BCUT2D eigenvalue weighted by atomic mass is 79.9. The maximum atomic E-state index is 11.8. The van der Waals surface area contributed by atoms with E-state index in [-0.39, 0.29) is 6.04 Å². The first-order valence-corrected chi connectivity index (χ1v) is 9.10. The first-order chi connectivity index (χ1) is 11.7. The van der Waals surface area contributed by atoms with Crippen LogP contribution in [0.25, 0.3) is 0 Å². The van der Waals surface area contributed by atoms with Crippen LogP contribution >= 0.6 is 15.9 Å². The van der Waals surface area contributed by atoms with Crippen molar-refractivity contribution in [3.8, 4) is 0 Å². The lowest BCUT2D eigenvalue weighted by molar-refractivity contribution is 0.0636. The van der Waals surface area contributed by atoms with E-state index in [1.807, 2.05) is 57.2 Å². The van der Waals surface area contributed by atoms with E-state index in [0.29, 0.717) is 0 Å². The molecule has 1 unspecified atom stereocenters. The molecule has 2 aromatic rings. The van der Waals surface area contributed by atoms with Crippen LogP contribution in [0.15, 0.2) is 53.0 Å². The molecule has 134 valence electrons. The van der Waals surface area contributed by atoms with Crippen LogP contribution in [0, 0.1) is 0 Å². The number of rotatable bonds is 5. The van der Waals surface area contributed by atoms with Gasteiger partial charge in [0.15, 0.2) is 0 Å². The van der Waals surface area contributed by atoms with Crippen LogP contribution in [0.1, 0.15) is 44.9 Å². The second-order valence-electron chi connectivity index (χ2n) is 6.98. The highest BCUT2D eigenvalue weighted by molar-refractivity contribution is 9.10. The van der Waals surface area contributed by atoms with E-state index in [2.05, 4.69) is 45.6 Å². The number of hydrogen-bond donors (Lipinski definition) is 2. The summed E-state index contributed by atoms with van der Waals surface area (Å²) in [6.07, 6.45) is -0.443. The van der Waals surface area contributed by atoms with Gasteiger partial charge in [0.1, 0.15) is 5.60 Å². The van der Waals surface area contributed by atoms with Gasteiger partial charge in [-0.2, -0.15) is 0 Å². The standard InChI is InChI=1S/C20H25BrN2O2/c1-14(22-13-15-5-9-17(21)10-6-15)16-7-11-18(12-8-16)23-19(24)25-20(2,3)4/h5-12,14,22H,13H2,1-4H3,(H,23,24). The van der Waals surface area contributed by atoms with Crippen molar-refractivity contribution < 1.29 is 9.53 Å². The van der Waals surface area contributed by atoms with Gasteiger partial charge < -0.3 is 10.1 Å². The topological polar surface area (TPSA) is 50.4 Å². The zero-order valence-corrected chi connectivity index (χ0v) is 16.7. The van der Waals surface area contributed by atoms with Crippen LogP contribution in [0.3, 0.4) is 0 Å². The molecule has 2 aromatic carbocycles. The molecule has 2 rings (SSSR count). The van der Waals surface area contributed by atoms with Gasteiger partial charge in [-0.3, -0.25) is 5.32 Å². The monoisotopic (exact) mass is 404 g/mol. The Labute approximate surface area is 158 Å². The number of carbonyl (C=O) groups is 1.